The number of pyridine rings is 1. The topological polar surface area (TPSA) is 43.1 Å². The number of furan rings is 1. The van der Waals surface area contributed by atoms with Crippen molar-refractivity contribution < 1.29 is 9.21 Å². The van der Waals surface area contributed by atoms with Gasteiger partial charge in [-0.2, -0.15) is 0 Å². The molecule has 0 radical (unpaired) electrons. The van der Waals surface area contributed by atoms with E-state index in [9.17, 15) is 4.79 Å². The summed E-state index contributed by atoms with van der Waals surface area (Å²) in [5, 5.41) is 0.932. The number of para-hydroxylation sites is 1. The van der Waals surface area contributed by atoms with Crippen LogP contribution in [0.2, 0.25) is 0 Å². The van der Waals surface area contributed by atoms with Crippen molar-refractivity contribution in [1.29, 1.82) is 0 Å². The summed E-state index contributed by atoms with van der Waals surface area (Å²) in [6, 6.07) is 11.1. The molecule has 0 N–H and O–H groups in total. The summed E-state index contributed by atoms with van der Waals surface area (Å²) in [7, 11) is 0. The number of carbonyl (C=O) groups is 1. The summed E-state index contributed by atoms with van der Waals surface area (Å²) >= 11 is 0. The van der Waals surface area contributed by atoms with Crippen molar-refractivity contribution in [1.82, 2.24) is 4.98 Å². The van der Waals surface area contributed by atoms with Crippen molar-refractivity contribution in [2.24, 2.45) is 0 Å². The number of aryl methyl sites for hydroxylation is 1. The molecule has 88 valence electrons. The first kappa shape index (κ1) is 10.7. The first-order valence-electron chi connectivity index (χ1n) is 5.69. The van der Waals surface area contributed by atoms with Crippen molar-refractivity contribution in [2.45, 2.75) is 6.92 Å². The zero-order valence-corrected chi connectivity index (χ0v) is 9.88. The normalized spacial score (nSPS) is 10.7. The molecule has 2 aromatic heterocycles. The minimum absolute atomic E-state index is 0.137. The Labute approximate surface area is 104 Å². The molecule has 0 spiro atoms. The summed E-state index contributed by atoms with van der Waals surface area (Å²) in [6.07, 6.45) is 3.28. The highest BCUT2D eigenvalue weighted by Crippen LogP contribution is 2.21. The Morgan fingerprint density at radius 2 is 2.00 bits per heavy atom. The minimum atomic E-state index is -0.137. The van der Waals surface area contributed by atoms with Gasteiger partial charge in [-0.05, 0) is 30.7 Å². The van der Waals surface area contributed by atoms with E-state index in [-0.39, 0.29) is 5.78 Å². The van der Waals surface area contributed by atoms with E-state index in [1.54, 1.807) is 18.5 Å². The SMILES string of the molecule is Cc1cncc(C(=O)c2cc3ccccc3o2)c1. The van der Waals surface area contributed by atoms with Crippen LogP contribution in [0, 0.1) is 6.92 Å². The fourth-order valence-electron chi connectivity index (χ4n) is 1.92. The fourth-order valence-corrected chi connectivity index (χ4v) is 1.92. The van der Waals surface area contributed by atoms with Gasteiger partial charge in [0.2, 0.25) is 5.78 Å². The van der Waals surface area contributed by atoms with Crippen molar-refractivity contribution in [3.05, 3.63) is 65.7 Å². The van der Waals surface area contributed by atoms with Crippen LogP contribution in [0.1, 0.15) is 21.7 Å². The smallest absolute Gasteiger partial charge is 0.229 e. The van der Waals surface area contributed by atoms with Gasteiger partial charge in [0.05, 0.1) is 0 Å². The standard InChI is InChI=1S/C15H11NO2/c1-10-6-12(9-16-8-10)15(17)14-7-11-4-2-3-5-13(11)18-14/h2-9H,1H3. The Bertz CT molecular complexity index is 695. The Morgan fingerprint density at radius 3 is 2.78 bits per heavy atom. The van der Waals surface area contributed by atoms with Gasteiger partial charge < -0.3 is 4.42 Å². The Morgan fingerprint density at radius 1 is 1.17 bits per heavy atom. The third-order valence-electron chi connectivity index (χ3n) is 2.79. The number of rotatable bonds is 2. The number of hydrogen-bond donors (Lipinski definition) is 0. The molecule has 3 heteroatoms. The number of fused-ring (bicyclic) bond motifs is 1. The molecule has 0 amide bonds. The summed E-state index contributed by atoms with van der Waals surface area (Å²) < 4.78 is 5.55. The highest BCUT2D eigenvalue weighted by atomic mass is 16.3. The highest BCUT2D eigenvalue weighted by Gasteiger charge is 2.14. The van der Waals surface area contributed by atoms with Crippen molar-refractivity contribution >= 4 is 16.8 Å². The van der Waals surface area contributed by atoms with Gasteiger partial charge in [0.25, 0.3) is 0 Å². The van der Waals surface area contributed by atoms with E-state index >= 15 is 0 Å². The molecule has 3 rings (SSSR count). The van der Waals surface area contributed by atoms with E-state index in [1.165, 1.54) is 0 Å². The number of benzene rings is 1. The number of ketones is 1. The van der Waals surface area contributed by atoms with E-state index in [4.69, 9.17) is 4.42 Å². The van der Waals surface area contributed by atoms with Crippen LogP contribution in [0.25, 0.3) is 11.0 Å². The van der Waals surface area contributed by atoms with Crippen molar-refractivity contribution in [3.8, 4) is 0 Å². The Hall–Kier alpha value is -2.42. The summed E-state index contributed by atoms with van der Waals surface area (Å²) in [5.74, 6) is 0.214. The van der Waals surface area contributed by atoms with Crippen LogP contribution in [0.15, 0.2) is 53.2 Å². The zero-order chi connectivity index (χ0) is 12.5. The van der Waals surface area contributed by atoms with E-state index in [0.29, 0.717) is 11.3 Å². The summed E-state index contributed by atoms with van der Waals surface area (Å²) in [4.78, 5) is 16.3. The average molecular weight is 237 g/mol. The van der Waals surface area contributed by atoms with Crippen LogP contribution in [-0.2, 0) is 0 Å². The molecule has 0 saturated heterocycles. The van der Waals surface area contributed by atoms with Gasteiger partial charge in [-0.3, -0.25) is 9.78 Å². The van der Waals surface area contributed by atoms with E-state index in [0.717, 1.165) is 16.5 Å². The number of hydrogen-bond acceptors (Lipinski definition) is 3. The average Bonchev–Trinajstić information content (AvgIpc) is 2.81. The lowest BCUT2D eigenvalue weighted by atomic mass is 10.1. The first-order valence-corrected chi connectivity index (χ1v) is 5.69. The van der Waals surface area contributed by atoms with Gasteiger partial charge in [0, 0.05) is 23.3 Å². The van der Waals surface area contributed by atoms with Gasteiger partial charge >= 0.3 is 0 Å². The molecule has 0 aliphatic carbocycles. The molecule has 0 unspecified atom stereocenters. The third-order valence-corrected chi connectivity index (χ3v) is 2.79. The predicted molar refractivity (Wildman–Crippen MR) is 68.6 cm³/mol. The third kappa shape index (κ3) is 1.80. The van der Waals surface area contributed by atoms with E-state index in [2.05, 4.69) is 4.98 Å². The molecule has 0 saturated carbocycles. The zero-order valence-electron chi connectivity index (χ0n) is 9.88. The molecule has 3 nitrogen and oxygen atoms in total. The molecule has 0 fully saturated rings. The van der Waals surface area contributed by atoms with Crippen LogP contribution in [0.4, 0.5) is 0 Å². The van der Waals surface area contributed by atoms with Gasteiger partial charge in [-0.1, -0.05) is 18.2 Å². The maximum atomic E-state index is 12.2. The molecule has 0 atom stereocenters. The molecule has 0 bridgehead atoms. The largest absolute Gasteiger partial charge is 0.453 e. The molecule has 3 aromatic rings. The van der Waals surface area contributed by atoms with Gasteiger partial charge in [0.15, 0.2) is 5.76 Å². The molecular weight excluding hydrogens is 226 g/mol. The number of nitrogens with zero attached hydrogens (tertiary/aromatic N) is 1. The summed E-state index contributed by atoms with van der Waals surface area (Å²) in [6.45, 7) is 1.91. The van der Waals surface area contributed by atoms with Crippen LogP contribution in [0.3, 0.4) is 0 Å². The molecule has 1 aromatic carbocycles. The van der Waals surface area contributed by atoms with E-state index < -0.39 is 0 Å². The first-order chi connectivity index (χ1) is 8.74. The molecule has 18 heavy (non-hydrogen) atoms. The van der Waals surface area contributed by atoms with Gasteiger partial charge in [-0.25, -0.2) is 0 Å². The highest BCUT2D eigenvalue weighted by molar-refractivity contribution is 6.08. The maximum Gasteiger partial charge on any atom is 0.229 e. The predicted octanol–water partition coefficient (Wildman–Crippen LogP) is 3.37. The second-order valence-electron chi connectivity index (χ2n) is 4.23. The number of carbonyl (C=O) groups excluding carboxylic acids is 1. The minimum Gasteiger partial charge on any atom is -0.453 e. The van der Waals surface area contributed by atoms with Gasteiger partial charge in [-0.15, -0.1) is 0 Å². The fraction of sp³-hybridized carbons (Fsp3) is 0.0667. The Balaban J connectivity index is 2.06. The van der Waals surface area contributed by atoms with E-state index in [1.807, 2.05) is 37.3 Å². The lowest BCUT2D eigenvalue weighted by Gasteiger charge is -1.97. The van der Waals surface area contributed by atoms with Crippen LogP contribution < -0.4 is 0 Å². The molecule has 0 aliphatic rings. The molecule has 0 aliphatic heterocycles. The van der Waals surface area contributed by atoms with Crippen molar-refractivity contribution in [2.75, 3.05) is 0 Å². The molecule has 2 heterocycles. The maximum absolute atomic E-state index is 12.2. The Kier molecular flexibility index (Phi) is 2.45. The second-order valence-corrected chi connectivity index (χ2v) is 4.23. The lowest BCUT2D eigenvalue weighted by molar-refractivity contribution is 0.101. The van der Waals surface area contributed by atoms with Crippen LogP contribution in [0.5, 0.6) is 0 Å². The number of aromatic nitrogens is 1. The monoisotopic (exact) mass is 237 g/mol. The second kappa shape index (κ2) is 4.11. The lowest BCUT2D eigenvalue weighted by Crippen LogP contribution is -2.00. The quantitative estimate of drug-likeness (QED) is 0.642. The van der Waals surface area contributed by atoms with Gasteiger partial charge in [0.1, 0.15) is 5.58 Å². The van der Waals surface area contributed by atoms with Crippen LogP contribution in [-0.4, -0.2) is 10.8 Å². The van der Waals surface area contributed by atoms with Crippen LogP contribution >= 0.6 is 0 Å². The van der Waals surface area contributed by atoms with Crippen molar-refractivity contribution in [3.63, 3.8) is 0 Å². The molecular formula is C15H11NO2. The summed E-state index contributed by atoms with van der Waals surface area (Å²) in [5.41, 5.74) is 2.23.